The van der Waals surface area contributed by atoms with Gasteiger partial charge in [0.15, 0.2) is 5.82 Å². The van der Waals surface area contributed by atoms with Crippen molar-refractivity contribution in [3.8, 4) is 6.07 Å². The summed E-state index contributed by atoms with van der Waals surface area (Å²) < 4.78 is 0. The molecule has 0 bridgehead atoms. The Balaban J connectivity index is 1.99. The van der Waals surface area contributed by atoms with Crippen LogP contribution in [0.4, 0.5) is 11.5 Å². The molecule has 3 rings (SSSR count). The topological polar surface area (TPSA) is 63.5 Å². The predicted molar refractivity (Wildman–Crippen MR) is 84.8 cm³/mol. The largest absolute Gasteiger partial charge is 0.340 e. The maximum Gasteiger partial charge on any atom is 0.250 e. The van der Waals surface area contributed by atoms with Crippen LogP contribution >= 0.6 is 0 Å². The zero-order chi connectivity index (χ0) is 16.1. The molecular formula is C16H21N5O. The Kier molecular flexibility index (Phi) is 3.33. The normalized spacial score (nSPS) is 22.1. The molecule has 0 aliphatic carbocycles. The van der Waals surface area contributed by atoms with E-state index in [0.717, 1.165) is 24.6 Å². The van der Waals surface area contributed by atoms with Gasteiger partial charge in [0.25, 0.3) is 5.91 Å². The average Bonchev–Trinajstić information content (AvgIpc) is 2.50. The minimum atomic E-state index is -0.203. The summed E-state index contributed by atoms with van der Waals surface area (Å²) in [7, 11) is 1.76. The van der Waals surface area contributed by atoms with Gasteiger partial charge in [0.05, 0.1) is 11.3 Å². The van der Waals surface area contributed by atoms with E-state index in [9.17, 15) is 4.79 Å². The summed E-state index contributed by atoms with van der Waals surface area (Å²) in [5.41, 5.74) is 1.25. The number of likely N-dealkylation sites (N-methyl/N-ethyl adjacent to an activating group) is 1. The number of anilines is 2. The summed E-state index contributed by atoms with van der Waals surface area (Å²) >= 11 is 0. The Bertz CT molecular complexity index is 657. The highest BCUT2D eigenvalue weighted by Crippen LogP contribution is 2.36. The third kappa shape index (κ3) is 2.22. The van der Waals surface area contributed by atoms with Crippen LogP contribution in [0.3, 0.4) is 0 Å². The molecular weight excluding hydrogens is 278 g/mol. The van der Waals surface area contributed by atoms with Crippen molar-refractivity contribution in [2.24, 2.45) is 0 Å². The predicted octanol–water partition coefficient (Wildman–Crippen LogP) is 1.22. The molecule has 2 aliphatic rings. The molecule has 0 N–H and O–H groups in total. The SMILES string of the molecule is CN1C(=O)[C@@H]2CN(C(C)(C)C)CCN2c2ncc(C#N)cc21. The van der Waals surface area contributed by atoms with Gasteiger partial charge in [0.2, 0.25) is 0 Å². The summed E-state index contributed by atoms with van der Waals surface area (Å²) in [6.45, 7) is 8.89. The highest BCUT2D eigenvalue weighted by atomic mass is 16.2. The second-order valence-corrected chi connectivity index (χ2v) is 6.90. The number of aromatic nitrogens is 1. The molecule has 116 valence electrons. The number of fused-ring (bicyclic) bond motifs is 3. The lowest BCUT2D eigenvalue weighted by atomic mass is 9.99. The van der Waals surface area contributed by atoms with E-state index in [1.807, 2.05) is 0 Å². The standard InChI is InChI=1S/C16H21N5O/c1-16(2,3)20-5-6-21-13(10-20)15(22)19(4)12-7-11(8-17)9-18-14(12)21/h7,9,13H,5-6,10H2,1-4H3/t13-/m0/s1. The fourth-order valence-electron chi connectivity index (χ4n) is 3.17. The lowest BCUT2D eigenvalue weighted by Gasteiger charge is -2.49. The van der Waals surface area contributed by atoms with Crippen LogP contribution in [0.25, 0.3) is 0 Å². The van der Waals surface area contributed by atoms with Crippen molar-refractivity contribution in [3.63, 3.8) is 0 Å². The fraction of sp³-hybridized carbons (Fsp3) is 0.562. The number of hydrogen-bond donors (Lipinski definition) is 0. The highest BCUT2D eigenvalue weighted by Gasteiger charge is 2.42. The van der Waals surface area contributed by atoms with Crippen molar-refractivity contribution in [1.29, 1.82) is 5.26 Å². The van der Waals surface area contributed by atoms with Crippen LogP contribution in [-0.2, 0) is 4.79 Å². The number of piperazine rings is 1. The second kappa shape index (κ2) is 4.96. The van der Waals surface area contributed by atoms with Gasteiger partial charge in [0.1, 0.15) is 12.1 Å². The van der Waals surface area contributed by atoms with Crippen molar-refractivity contribution in [1.82, 2.24) is 9.88 Å². The van der Waals surface area contributed by atoms with Gasteiger partial charge in [-0.05, 0) is 26.8 Å². The van der Waals surface area contributed by atoms with Gasteiger partial charge in [-0.25, -0.2) is 4.98 Å². The zero-order valence-electron chi connectivity index (χ0n) is 13.5. The van der Waals surface area contributed by atoms with Crippen LogP contribution in [0.15, 0.2) is 12.3 Å². The zero-order valence-corrected chi connectivity index (χ0v) is 13.5. The summed E-state index contributed by atoms with van der Waals surface area (Å²) in [4.78, 5) is 23.2. The Morgan fingerprint density at radius 1 is 1.36 bits per heavy atom. The molecule has 22 heavy (non-hydrogen) atoms. The monoisotopic (exact) mass is 299 g/mol. The summed E-state index contributed by atoms with van der Waals surface area (Å²) in [5.74, 6) is 0.873. The van der Waals surface area contributed by atoms with E-state index in [1.54, 1.807) is 24.2 Å². The highest BCUT2D eigenvalue weighted by molar-refractivity contribution is 6.04. The summed E-state index contributed by atoms with van der Waals surface area (Å²) in [6, 6.07) is 3.62. The molecule has 0 unspecified atom stereocenters. The van der Waals surface area contributed by atoms with E-state index in [4.69, 9.17) is 5.26 Å². The molecule has 0 aromatic carbocycles. The van der Waals surface area contributed by atoms with Crippen LogP contribution in [0.1, 0.15) is 26.3 Å². The summed E-state index contributed by atoms with van der Waals surface area (Å²) in [6.07, 6.45) is 1.58. The molecule has 0 spiro atoms. The van der Waals surface area contributed by atoms with E-state index in [1.165, 1.54) is 0 Å². The number of amides is 1. The molecule has 3 heterocycles. The number of nitrogens with zero attached hydrogens (tertiary/aromatic N) is 5. The number of carbonyl (C=O) groups is 1. The molecule has 1 aromatic rings. The molecule has 0 radical (unpaired) electrons. The van der Waals surface area contributed by atoms with Gasteiger partial charge >= 0.3 is 0 Å². The molecule has 6 heteroatoms. The summed E-state index contributed by atoms with van der Waals surface area (Å²) in [5, 5.41) is 9.03. The van der Waals surface area contributed by atoms with Gasteiger partial charge < -0.3 is 9.80 Å². The smallest absolute Gasteiger partial charge is 0.250 e. The average molecular weight is 299 g/mol. The van der Waals surface area contributed by atoms with Gasteiger partial charge in [-0.3, -0.25) is 9.69 Å². The number of rotatable bonds is 0. The lowest BCUT2D eigenvalue weighted by molar-refractivity contribution is -0.121. The van der Waals surface area contributed by atoms with Crippen molar-refractivity contribution >= 4 is 17.4 Å². The molecule has 1 fully saturated rings. The first kappa shape index (κ1) is 14.8. The molecule has 1 aromatic heterocycles. The maximum absolute atomic E-state index is 12.7. The first-order chi connectivity index (χ1) is 10.3. The fourth-order valence-corrected chi connectivity index (χ4v) is 3.17. The number of hydrogen-bond acceptors (Lipinski definition) is 5. The Labute approximate surface area is 130 Å². The minimum Gasteiger partial charge on any atom is -0.340 e. The number of nitriles is 1. The van der Waals surface area contributed by atoms with Crippen LogP contribution in [0.5, 0.6) is 0 Å². The third-order valence-electron chi connectivity index (χ3n) is 4.55. The molecule has 1 atom stereocenters. The van der Waals surface area contributed by atoms with E-state index in [0.29, 0.717) is 12.1 Å². The quantitative estimate of drug-likeness (QED) is 0.721. The van der Waals surface area contributed by atoms with Crippen LogP contribution in [0.2, 0.25) is 0 Å². The van der Waals surface area contributed by atoms with Crippen LogP contribution in [-0.4, -0.2) is 54.1 Å². The van der Waals surface area contributed by atoms with E-state index in [-0.39, 0.29) is 17.5 Å². The Morgan fingerprint density at radius 3 is 2.73 bits per heavy atom. The van der Waals surface area contributed by atoms with Gasteiger partial charge in [-0.15, -0.1) is 0 Å². The molecule has 1 saturated heterocycles. The number of carbonyl (C=O) groups excluding carboxylic acids is 1. The van der Waals surface area contributed by atoms with E-state index >= 15 is 0 Å². The third-order valence-corrected chi connectivity index (χ3v) is 4.55. The molecule has 6 nitrogen and oxygen atoms in total. The molecule has 1 amide bonds. The number of pyridine rings is 1. The Morgan fingerprint density at radius 2 is 2.09 bits per heavy atom. The van der Waals surface area contributed by atoms with Crippen LogP contribution < -0.4 is 9.80 Å². The molecule has 0 saturated carbocycles. The first-order valence-electron chi connectivity index (χ1n) is 7.52. The molecule has 2 aliphatic heterocycles. The van der Waals surface area contributed by atoms with Crippen LogP contribution in [0, 0.1) is 11.3 Å². The van der Waals surface area contributed by atoms with E-state index in [2.05, 4.69) is 41.6 Å². The van der Waals surface area contributed by atoms with Crippen molar-refractivity contribution in [2.75, 3.05) is 36.5 Å². The minimum absolute atomic E-state index is 0.0450. The van der Waals surface area contributed by atoms with Gasteiger partial charge in [0, 0.05) is 38.4 Å². The van der Waals surface area contributed by atoms with Crippen molar-refractivity contribution in [3.05, 3.63) is 17.8 Å². The van der Waals surface area contributed by atoms with Gasteiger partial charge in [-0.2, -0.15) is 5.26 Å². The van der Waals surface area contributed by atoms with Crippen molar-refractivity contribution < 1.29 is 4.79 Å². The second-order valence-electron chi connectivity index (χ2n) is 6.90. The Hall–Kier alpha value is -2.13. The van der Waals surface area contributed by atoms with Crippen molar-refractivity contribution in [2.45, 2.75) is 32.4 Å². The first-order valence-corrected chi connectivity index (χ1v) is 7.52. The lowest BCUT2D eigenvalue weighted by Crippen LogP contribution is -2.65. The maximum atomic E-state index is 12.7. The van der Waals surface area contributed by atoms with Gasteiger partial charge in [-0.1, -0.05) is 0 Å². The van der Waals surface area contributed by atoms with E-state index < -0.39 is 0 Å².